The maximum atomic E-state index is 13.6. The highest BCUT2D eigenvalue weighted by atomic mass is 16.6. The summed E-state index contributed by atoms with van der Waals surface area (Å²) in [6.45, 7) is 0.565. The largest absolute Gasteiger partial charge is 0.451 e. The van der Waals surface area contributed by atoms with Gasteiger partial charge in [-0.2, -0.15) is 0 Å². The Balaban J connectivity index is 1.41. The van der Waals surface area contributed by atoms with E-state index in [4.69, 9.17) is 4.74 Å². The molecule has 33 heavy (non-hydrogen) atoms. The van der Waals surface area contributed by atoms with E-state index in [0.717, 1.165) is 42.4 Å². The molecule has 3 aromatic carbocycles. The lowest BCUT2D eigenvalue weighted by Gasteiger charge is -2.31. The fourth-order valence-electron chi connectivity index (χ4n) is 5.45. The predicted molar refractivity (Wildman–Crippen MR) is 127 cm³/mol. The number of benzene rings is 3. The lowest BCUT2D eigenvalue weighted by Crippen LogP contribution is -2.36. The van der Waals surface area contributed by atoms with Crippen molar-refractivity contribution < 1.29 is 14.3 Å². The number of esters is 1. The number of hydrogen-bond acceptors (Lipinski definition) is 3. The lowest BCUT2D eigenvalue weighted by molar-refractivity contribution is -0.158. The van der Waals surface area contributed by atoms with E-state index >= 15 is 0 Å². The minimum Gasteiger partial charge on any atom is -0.451 e. The molecule has 4 nitrogen and oxygen atoms in total. The van der Waals surface area contributed by atoms with Crippen LogP contribution in [-0.4, -0.2) is 28.9 Å². The van der Waals surface area contributed by atoms with Gasteiger partial charge in [0.2, 0.25) is 0 Å². The SMILES string of the molecule is O=C(O[C@H]1C(=O)N(Cc2ccccc2)[C@@H]2CCCC[C@@H]21)C(c1ccccc1)c1ccccc1. The molecule has 0 unspecified atom stereocenters. The van der Waals surface area contributed by atoms with Gasteiger partial charge in [0.15, 0.2) is 6.10 Å². The molecule has 1 saturated carbocycles. The normalized spacial score (nSPS) is 22.3. The van der Waals surface area contributed by atoms with E-state index in [2.05, 4.69) is 0 Å². The number of amides is 1. The third-order valence-corrected chi connectivity index (χ3v) is 7.04. The second-order valence-corrected chi connectivity index (χ2v) is 9.08. The third kappa shape index (κ3) is 4.43. The molecule has 1 aliphatic heterocycles. The maximum absolute atomic E-state index is 13.6. The standard InChI is InChI=1S/C29H29NO3/c31-28-27(24-18-10-11-19-25(24)30(28)20-21-12-4-1-5-13-21)33-29(32)26(22-14-6-2-7-15-22)23-16-8-3-9-17-23/h1-9,12-17,24-27H,10-11,18-20H2/t24-,25+,27+/m0/s1. The van der Waals surface area contributed by atoms with Crippen molar-refractivity contribution in [2.45, 2.75) is 50.3 Å². The van der Waals surface area contributed by atoms with Gasteiger partial charge in [0.05, 0.1) is 0 Å². The predicted octanol–water partition coefficient (Wildman–Crippen LogP) is 5.33. The van der Waals surface area contributed by atoms with Crippen molar-refractivity contribution >= 4 is 11.9 Å². The number of carbonyl (C=O) groups excluding carboxylic acids is 2. The average molecular weight is 440 g/mol. The van der Waals surface area contributed by atoms with E-state index in [-0.39, 0.29) is 23.8 Å². The molecule has 1 heterocycles. The topological polar surface area (TPSA) is 46.6 Å². The van der Waals surface area contributed by atoms with Crippen LogP contribution in [0.25, 0.3) is 0 Å². The molecule has 0 spiro atoms. The summed E-state index contributed by atoms with van der Waals surface area (Å²) < 4.78 is 6.10. The summed E-state index contributed by atoms with van der Waals surface area (Å²) in [6, 6.07) is 29.6. The van der Waals surface area contributed by atoms with Gasteiger partial charge >= 0.3 is 5.97 Å². The molecule has 1 aliphatic carbocycles. The van der Waals surface area contributed by atoms with Gasteiger partial charge in [0.25, 0.3) is 5.91 Å². The van der Waals surface area contributed by atoms with Crippen molar-refractivity contribution in [3.63, 3.8) is 0 Å². The molecule has 3 atom stereocenters. The molecular formula is C29H29NO3. The van der Waals surface area contributed by atoms with E-state index in [0.29, 0.717) is 6.54 Å². The number of fused-ring (bicyclic) bond motifs is 1. The van der Waals surface area contributed by atoms with E-state index < -0.39 is 12.0 Å². The first-order chi connectivity index (χ1) is 16.2. The monoisotopic (exact) mass is 439 g/mol. The van der Waals surface area contributed by atoms with Crippen molar-refractivity contribution in [1.29, 1.82) is 0 Å². The lowest BCUT2D eigenvalue weighted by atomic mass is 9.83. The first kappa shape index (κ1) is 21.4. The quantitative estimate of drug-likeness (QED) is 0.488. The molecule has 1 amide bonds. The van der Waals surface area contributed by atoms with Gasteiger partial charge < -0.3 is 9.64 Å². The second-order valence-electron chi connectivity index (χ2n) is 9.08. The summed E-state index contributed by atoms with van der Waals surface area (Å²) in [5, 5.41) is 0. The molecule has 168 valence electrons. The maximum Gasteiger partial charge on any atom is 0.318 e. The fourth-order valence-corrected chi connectivity index (χ4v) is 5.45. The van der Waals surface area contributed by atoms with Crippen LogP contribution in [-0.2, 0) is 20.9 Å². The molecule has 0 N–H and O–H groups in total. The van der Waals surface area contributed by atoms with Gasteiger partial charge in [0.1, 0.15) is 5.92 Å². The zero-order chi connectivity index (χ0) is 22.6. The Hall–Kier alpha value is -3.40. The number of hydrogen-bond donors (Lipinski definition) is 0. The molecule has 2 fully saturated rings. The van der Waals surface area contributed by atoms with Gasteiger partial charge in [0, 0.05) is 18.5 Å². The number of rotatable bonds is 6. The Morgan fingerprint density at radius 2 is 1.36 bits per heavy atom. The fraction of sp³-hybridized carbons (Fsp3) is 0.310. The second kappa shape index (κ2) is 9.62. The van der Waals surface area contributed by atoms with Crippen LogP contribution in [0.5, 0.6) is 0 Å². The highest BCUT2D eigenvalue weighted by Gasteiger charge is 2.51. The van der Waals surface area contributed by atoms with E-state index in [9.17, 15) is 9.59 Å². The summed E-state index contributed by atoms with van der Waals surface area (Å²) in [4.78, 5) is 29.1. The van der Waals surface area contributed by atoms with Crippen molar-refractivity contribution in [2.24, 2.45) is 5.92 Å². The minimum absolute atomic E-state index is 0.0519. The molecule has 5 rings (SSSR count). The van der Waals surface area contributed by atoms with E-state index in [1.807, 2.05) is 95.9 Å². The van der Waals surface area contributed by atoms with Crippen LogP contribution in [0, 0.1) is 5.92 Å². The van der Waals surface area contributed by atoms with Gasteiger partial charge in [-0.25, -0.2) is 0 Å². The van der Waals surface area contributed by atoms with Crippen molar-refractivity contribution in [2.75, 3.05) is 0 Å². The average Bonchev–Trinajstić information content (AvgIpc) is 3.12. The first-order valence-electron chi connectivity index (χ1n) is 11.9. The number of likely N-dealkylation sites (tertiary alicyclic amines) is 1. The van der Waals surface area contributed by atoms with Crippen molar-refractivity contribution in [3.8, 4) is 0 Å². The van der Waals surface area contributed by atoms with Crippen LogP contribution in [0.4, 0.5) is 0 Å². The molecule has 0 bridgehead atoms. The Labute approximate surface area is 195 Å². The van der Waals surface area contributed by atoms with Crippen LogP contribution >= 0.6 is 0 Å². The molecule has 0 radical (unpaired) electrons. The Morgan fingerprint density at radius 3 is 1.97 bits per heavy atom. The first-order valence-corrected chi connectivity index (χ1v) is 11.9. The number of nitrogens with zero attached hydrogens (tertiary/aromatic N) is 1. The Bertz CT molecular complexity index is 1040. The van der Waals surface area contributed by atoms with E-state index in [1.54, 1.807) is 0 Å². The third-order valence-electron chi connectivity index (χ3n) is 7.04. The number of carbonyl (C=O) groups is 2. The summed E-state index contributed by atoms with van der Waals surface area (Å²) in [6.07, 6.45) is 3.36. The van der Waals surface area contributed by atoms with Crippen LogP contribution in [0.2, 0.25) is 0 Å². The zero-order valence-electron chi connectivity index (χ0n) is 18.7. The van der Waals surface area contributed by atoms with Crippen LogP contribution in [0.1, 0.15) is 48.3 Å². The van der Waals surface area contributed by atoms with Crippen LogP contribution in [0.3, 0.4) is 0 Å². The van der Waals surface area contributed by atoms with Crippen LogP contribution in [0.15, 0.2) is 91.0 Å². The number of ether oxygens (including phenoxy) is 1. The van der Waals surface area contributed by atoms with Crippen molar-refractivity contribution in [3.05, 3.63) is 108 Å². The summed E-state index contributed by atoms with van der Waals surface area (Å²) in [5.41, 5.74) is 2.86. The van der Waals surface area contributed by atoms with Gasteiger partial charge in [-0.3, -0.25) is 9.59 Å². The Morgan fingerprint density at radius 1 is 0.818 bits per heavy atom. The summed E-state index contributed by atoms with van der Waals surface area (Å²) in [7, 11) is 0. The molecule has 0 aromatic heterocycles. The molecule has 4 heteroatoms. The highest BCUT2D eigenvalue weighted by Crippen LogP contribution is 2.40. The van der Waals surface area contributed by atoms with E-state index in [1.165, 1.54) is 0 Å². The molecule has 2 aliphatic rings. The zero-order valence-corrected chi connectivity index (χ0v) is 18.7. The van der Waals surface area contributed by atoms with Crippen molar-refractivity contribution in [1.82, 2.24) is 4.90 Å². The smallest absolute Gasteiger partial charge is 0.318 e. The van der Waals surface area contributed by atoms with Gasteiger partial charge in [-0.1, -0.05) is 104 Å². The van der Waals surface area contributed by atoms with Crippen LogP contribution < -0.4 is 0 Å². The van der Waals surface area contributed by atoms with Gasteiger partial charge in [-0.05, 0) is 29.5 Å². The molecule has 1 saturated heterocycles. The highest BCUT2D eigenvalue weighted by molar-refractivity contribution is 5.89. The molecule has 3 aromatic rings. The Kier molecular flexibility index (Phi) is 6.25. The molecular weight excluding hydrogens is 410 g/mol. The summed E-state index contributed by atoms with van der Waals surface area (Å²) in [5.74, 6) is -0.892. The minimum atomic E-state index is -0.707. The van der Waals surface area contributed by atoms with Gasteiger partial charge in [-0.15, -0.1) is 0 Å². The summed E-state index contributed by atoms with van der Waals surface area (Å²) >= 11 is 0.